The second-order valence-corrected chi connectivity index (χ2v) is 9.25. The molecule has 4 rings (SSSR count). The first-order valence-corrected chi connectivity index (χ1v) is 11.5. The number of carbonyl (C=O) groups excluding carboxylic acids is 2. The van der Waals surface area contributed by atoms with E-state index in [2.05, 4.69) is 20.8 Å². The van der Waals surface area contributed by atoms with Gasteiger partial charge in [-0.15, -0.1) is 0 Å². The molecule has 1 aliphatic rings. The van der Waals surface area contributed by atoms with Gasteiger partial charge < -0.3 is 9.64 Å². The highest BCUT2D eigenvalue weighted by molar-refractivity contribution is 6.46. The Bertz CT molecular complexity index is 1240. The van der Waals surface area contributed by atoms with Gasteiger partial charge in [0.15, 0.2) is 0 Å². The lowest BCUT2D eigenvalue weighted by Crippen LogP contribution is -2.35. The fourth-order valence-corrected chi connectivity index (χ4v) is 4.29. The Labute approximate surface area is 201 Å². The van der Waals surface area contributed by atoms with Crippen molar-refractivity contribution >= 4 is 28.8 Å². The van der Waals surface area contributed by atoms with Crippen molar-refractivity contribution in [1.82, 2.24) is 0 Å². The minimum atomic E-state index is -0.359. The highest BCUT2D eigenvalue weighted by Crippen LogP contribution is 2.40. The van der Waals surface area contributed by atoms with Crippen LogP contribution in [-0.2, 0) is 15.0 Å². The van der Waals surface area contributed by atoms with Crippen LogP contribution in [0.3, 0.4) is 0 Å². The Balaban J connectivity index is 1.89. The number of methoxy groups -OCH3 is 1. The lowest BCUT2D eigenvalue weighted by atomic mass is 9.87. The van der Waals surface area contributed by atoms with Gasteiger partial charge in [0.2, 0.25) is 0 Å². The molecule has 3 aromatic rings. The standard InChI is InChI=1S/C29H30N2O3/c1-6-30(21-12-8-7-9-13-21)26-25(23-14-10-11-15-24(23)34-5)27(32)31(28(26)33)22-18-16-20(17-19-22)29(2,3)4/h7-19H,6H2,1-5H3. The SMILES string of the molecule is CCN(C1=C(c2ccccc2OC)C(=O)N(c2ccc(C(C)(C)C)cc2)C1=O)c1ccccc1. The van der Waals surface area contributed by atoms with Crippen LogP contribution in [0.25, 0.3) is 5.57 Å². The first-order chi connectivity index (χ1) is 16.3. The van der Waals surface area contributed by atoms with E-state index in [1.54, 1.807) is 13.2 Å². The van der Waals surface area contributed by atoms with E-state index in [9.17, 15) is 9.59 Å². The Morgan fingerprint density at radius 2 is 1.44 bits per heavy atom. The van der Waals surface area contributed by atoms with Gasteiger partial charge in [-0.1, -0.05) is 69.3 Å². The molecule has 174 valence electrons. The fraction of sp³-hybridized carbons (Fsp3) is 0.241. The van der Waals surface area contributed by atoms with Gasteiger partial charge >= 0.3 is 0 Å². The quantitative estimate of drug-likeness (QED) is 0.442. The molecule has 1 aliphatic heterocycles. The van der Waals surface area contributed by atoms with Crippen molar-refractivity contribution < 1.29 is 14.3 Å². The molecule has 0 saturated heterocycles. The Hall–Kier alpha value is -3.86. The van der Waals surface area contributed by atoms with E-state index >= 15 is 0 Å². The number of amides is 2. The smallest absolute Gasteiger partial charge is 0.282 e. The third kappa shape index (κ3) is 4.10. The van der Waals surface area contributed by atoms with E-state index in [1.807, 2.05) is 84.6 Å². The van der Waals surface area contributed by atoms with Crippen molar-refractivity contribution in [3.8, 4) is 5.75 Å². The van der Waals surface area contributed by atoms with Gasteiger partial charge in [-0.05, 0) is 48.2 Å². The molecule has 34 heavy (non-hydrogen) atoms. The van der Waals surface area contributed by atoms with E-state index in [-0.39, 0.29) is 17.2 Å². The number of hydrogen-bond acceptors (Lipinski definition) is 4. The molecule has 2 amide bonds. The van der Waals surface area contributed by atoms with Crippen molar-refractivity contribution in [3.63, 3.8) is 0 Å². The summed E-state index contributed by atoms with van der Waals surface area (Å²) in [5, 5.41) is 0. The maximum atomic E-state index is 13.9. The number of anilines is 2. The van der Waals surface area contributed by atoms with Crippen LogP contribution in [0.15, 0.2) is 84.6 Å². The summed E-state index contributed by atoms with van der Waals surface area (Å²) >= 11 is 0. The molecule has 0 aromatic heterocycles. The van der Waals surface area contributed by atoms with Crippen LogP contribution in [0.5, 0.6) is 5.75 Å². The Kier molecular flexibility index (Phi) is 6.29. The van der Waals surface area contributed by atoms with Crippen LogP contribution >= 0.6 is 0 Å². The van der Waals surface area contributed by atoms with Gasteiger partial charge in [0, 0.05) is 17.8 Å². The Morgan fingerprint density at radius 1 is 0.824 bits per heavy atom. The van der Waals surface area contributed by atoms with Gasteiger partial charge in [0.05, 0.1) is 18.4 Å². The van der Waals surface area contributed by atoms with E-state index in [4.69, 9.17) is 4.74 Å². The van der Waals surface area contributed by atoms with E-state index in [1.165, 1.54) is 4.90 Å². The Morgan fingerprint density at radius 3 is 2.03 bits per heavy atom. The second kappa shape index (κ2) is 9.18. The minimum Gasteiger partial charge on any atom is -0.496 e. The molecule has 1 heterocycles. The molecule has 0 unspecified atom stereocenters. The predicted molar refractivity (Wildman–Crippen MR) is 137 cm³/mol. The molecule has 0 spiro atoms. The lowest BCUT2D eigenvalue weighted by Gasteiger charge is -2.25. The van der Waals surface area contributed by atoms with Crippen molar-refractivity contribution in [3.05, 3.63) is 95.7 Å². The highest BCUT2D eigenvalue weighted by Gasteiger charge is 2.43. The molecule has 0 fully saturated rings. The van der Waals surface area contributed by atoms with Crippen LogP contribution in [0.1, 0.15) is 38.8 Å². The predicted octanol–water partition coefficient (Wildman–Crippen LogP) is 5.80. The summed E-state index contributed by atoms with van der Waals surface area (Å²) in [4.78, 5) is 31.0. The topological polar surface area (TPSA) is 49.9 Å². The minimum absolute atomic E-state index is 0.0319. The number of rotatable bonds is 6. The zero-order valence-electron chi connectivity index (χ0n) is 20.3. The van der Waals surface area contributed by atoms with Gasteiger partial charge in [0.25, 0.3) is 11.8 Å². The summed E-state index contributed by atoms with van der Waals surface area (Å²) in [7, 11) is 1.57. The summed E-state index contributed by atoms with van der Waals surface area (Å²) in [5.41, 5.74) is 3.79. The van der Waals surface area contributed by atoms with Gasteiger partial charge in [-0.3, -0.25) is 9.59 Å². The number of nitrogens with zero attached hydrogens (tertiary/aromatic N) is 2. The average Bonchev–Trinajstić information content (AvgIpc) is 3.09. The number of imide groups is 1. The zero-order chi connectivity index (χ0) is 24.5. The molecule has 5 nitrogen and oxygen atoms in total. The van der Waals surface area contributed by atoms with Crippen LogP contribution < -0.4 is 14.5 Å². The molecular formula is C29H30N2O3. The fourth-order valence-electron chi connectivity index (χ4n) is 4.29. The first-order valence-electron chi connectivity index (χ1n) is 11.5. The number of carbonyl (C=O) groups is 2. The van der Waals surface area contributed by atoms with Crippen LogP contribution in [0.2, 0.25) is 0 Å². The van der Waals surface area contributed by atoms with E-state index in [0.717, 1.165) is 11.3 Å². The van der Waals surface area contributed by atoms with Gasteiger partial charge in [-0.2, -0.15) is 0 Å². The second-order valence-electron chi connectivity index (χ2n) is 9.25. The number of ether oxygens (including phenoxy) is 1. The highest BCUT2D eigenvalue weighted by atomic mass is 16.5. The number of hydrogen-bond donors (Lipinski definition) is 0. The number of likely N-dealkylation sites (N-methyl/N-ethyl adjacent to an activating group) is 1. The lowest BCUT2D eigenvalue weighted by molar-refractivity contribution is -0.120. The average molecular weight is 455 g/mol. The third-order valence-electron chi connectivity index (χ3n) is 6.08. The molecular weight excluding hydrogens is 424 g/mol. The summed E-state index contributed by atoms with van der Waals surface area (Å²) < 4.78 is 5.57. The maximum absolute atomic E-state index is 13.9. The monoisotopic (exact) mass is 454 g/mol. The largest absolute Gasteiger partial charge is 0.496 e. The van der Waals surface area contributed by atoms with Crippen LogP contribution in [0, 0.1) is 0 Å². The molecule has 0 radical (unpaired) electrons. The zero-order valence-corrected chi connectivity index (χ0v) is 20.3. The third-order valence-corrected chi connectivity index (χ3v) is 6.08. The van der Waals surface area contributed by atoms with Gasteiger partial charge in [-0.25, -0.2) is 4.90 Å². The molecule has 0 saturated carbocycles. The van der Waals surface area contributed by atoms with E-state index in [0.29, 0.717) is 34.8 Å². The molecule has 0 N–H and O–H groups in total. The number of benzene rings is 3. The van der Waals surface area contributed by atoms with Crippen molar-refractivity contribution in [1.29, 1.82) is 0 Å². The molecule has 0 bridgehead atoms. The molecule has 0 aliphatic carbocycles. The number of para-hydroxylation sites is 2. The van der Waals surface area contributed by atoms with E-state index < -0.39 is 0 Å². The normalized spacial score (nSPS) is 14.1. The van der Waals surface area contributed by atoms with Crippen molar-refractivity contribution in [2.24, 2.45) is 0 Å². The van der Waals surface area contributed by atoms with Crippen LogP contribution in [-0.4, -0.2) is 25.5 Å². The van der Waals surface area contributed by atoms with Crippen molar-refractivity contribution in [2.45, 2.75) is 33.1 Å². The maximum Gasteiger partial charge on any atom is 0.282 e. The first kappa shape index (κ1) is 23.3. The summed E-state index contributed by atoms with van der Waals surface area (Å²) in [6.45, 7) is 8.89. The molecule has 5 heteroatoms. The van der Waals surface area contributed by atoms with Crippen LogP contribution in [0.4, 0.5) is 11.4 Å². The van der Waals surface area contributed by atoms with Crippen molar-refractivity contribution in [2.75, 3.05) is 23.5 Å². The summed E-state index contributed by atoms with van der Waals surface area (Å²) in [6, 6.07) is 24.6. The van der Waals surface area contributed by atoms with Gasteiger partial charge in [0.1, 0.15) is 11.4 Å². The summed E-state index contributed by atoms with van der Waals surface area (Å²) in [6.07, 6.45) is 0. The molecule has 3 aromatic carbocycles. The summed E-state index contributed by atoms with van der Waals surface area (Å²) in [5.74, 6) is -0.160. The molecule has 0 atom stereocenters.